The Labute approximate surface area is 112 Å². The number of hydrogen-bond acceptors (Lipinski definition) is 3. The van der Waals surface area contributed by atoms with E-state index in [4.69, 9.17) is 11.6 Å². The summed E-state index contributed by atoms with van der Waals surface area (Å²) in [5.41, 5.74) is -0.0674. The van der Waals surface area contributed by atoms with E-state index >= 15 is 0 Å². The number of halogens is 4. The number of hydrogen-bond donors (Lipinski definition) is 0. The maximum atomic E-state index is 12.6. The molecule has 0 heterocycles. The summed E-state index contributed by atoms with van der Waals surface area (Å²) in [6, 6.07) is 5.19. The zero-order chi connectivity index (χ0) is 14.6. The number of alkyl halides is 3. The van der Waals surface area contributed by atoms with Crippen LogP contribution in [0, 0.1) is 0 Å². The highest BCUT2D eigenvalue weighted by molar-refractivity contribution is 6.30. The van der Waals surface area contributed by atoms with Crippen molar-refractivity contribution < 1.29 is 27.5 Å². The molecule has 0 aliphatic heterocycles. The molecule has 1 aromatic carbocycles. The van der Waals surface area contributed by atoms with Crippen molar-refractivity contribution in [3.8, 4) is 0 Å². The summed E-state index contributed by atoms with van der Waals surface area (Å²) in [6.45, 7) is 0.995. The maximum Gasteiger partial charge on any atom is 0.425 e. The zero-order valence-electron chi connectivity index (χ0n) is 9.83. The fraction of sp³-hybridized carbons (Fsp3) is 0.333. The van der Waals surface area contributed by atoms with Crippen molar-refractivity contribution in [2.24, 2.45) is 0 Å². The van der Waals surface area contributed by atoms with Crippen LogP contribution in [0.1, 0.15) is 23.7 Å². The number of benzene rings is 1. The molecule has 0 unspecified atom stereocenters. The van der Waals surface area contributed by atoms with Gasteiger partial charge in [-0.05, 0) is 31.2 Å². The molecule has 0 aliphatic carbocycles. The first-order chi connectivity index (χ1) is 8.70. The van der Waals surface area contributed by atoms with Gasteiger partial charge >= 0.3 is 12.1 Å². The number of ether oxygens (including phenoxy) is 1. The van der Waals surface area contributed by atoms with Gasteiger partial charge in [0.15, 0.2) is 0 Å². The Hall–Kier alpha value is -1.56. The monoisotopic (exact) mass is 294 g/mol. The molecule has 0 fully saturated rings. The molecule has 1 atom stereocenters. The second kappa shape index (κ2) is 6.06. The van der Waals surface area contributed by atoms with Crippen molar-refractivity contribution in [1.82, 2.24) is 0 Å². The Bertz CT molecular complexity index is 468. The third-order valence-electron chi connectivity index (χ3n) is 2.17. The molecule has 0 aliphatic rings. The van der Waals surface area contributed by atoms with Crippen molar-refractivity contribution in [3.05, 3.63) is 34.9 Å². The highest BCUT2D eigenvalue weighted by Gasteiger charge is 2.43. The fourth-order valence-corrected chi connectivity index (χ4v) is 1.39. The highest BCUT2D eigenvalue weighted by Crippen LogP contribution is 2.26. The molecular formula is C12H10ClF3O3. The van der Waals surface area contributed by atoms with Crippen LogP contribution in [0.25, 0.3) is 0 Å². The van der Waals surface area contributed by atoms with Gasteiger partial charge in [0, 0.05) is 5.02 Å². The smallest absolute Gasteiger partial charge is 0.425 e. The predicted molar refractivity (Wildman–Crippen MR) is 62.0 cm³/mol. The van der Waals surface area contributed by atoms with Gasteiger partial charge in [-0.3, -0.25) is 4.79 Å². The Morgan fingerprint density at radius 2 is 1.79 bits per heavy atom. The first kappa shape index (κ1) is 15.5. The summed E-state index contributed by atoms with van der Waals surface area (Å²) in [4.78, 5) is 22.3. The third-order valence-corrected chi connectivity index (χ3v) is 2.42. The molecule has 1 rings (SSSR count). The minimum atomic E-state index is -4.78. The minimum absolute atomic E-state index is 0.0674. The van der Waals surface area contributed by atoms with Gasteiger partial charge in [-0.25, -0.2) is 4.79 Å². The van der Waals surface area contributed by atoms with E-state index in [2.05, 4.69) is 4.74 Å². The quantitative estimate of drug-likeness (QED) is 0.799. The Morgan fingerprint density at radius 1 is 1.26 bits per heavy atom. The number of carbonyl (C=O) groups excluding carboxylic acids is 2. The van der Waals surface area contributed by atoms with E-state index in [1.165, 1.54) is 24.3 Å². The molecule has 0 amide bonds. The standard InChI is InChI=1S/C12H10ClF3O3/c1-7(17)6-10(12(14,15)16)19-11(18)8-2-4-9(13)5-3-8/h2-5,10H,6H2,1H3/t10-/m1/s1. The van der Waals surface area contributed by atoms with E-state index in [0.717, 1.165) is 6.92 Å². The van der Waals surface area contributed by atoms with Crippen LogP contribution in [-0.2, 0) is 9.53 Å². The number of Topliss-reactive ketones (excluding diaryl/α,β-unsaturated/α-hetero) is 1. The Morgan fingerprint density at radius 3 is 2.21 bits per heavy atom. The summed E-state index contributed by atoms with van der Waals surface area (Å²) in [5.74, 6) is -1.87. The van der Waals surface area contributed by atoms with Crippen molar-refractivity contribution in [1.29, 1.82) is 0 Å². The van der Waals surface area contributed by atoms with Gasteiger partial charge in [-0.2, -0.15) is 13.2 Å². The molecule has 3 nitrogen and oxygen atoms in total. The van der Waals surface area contributed by atoms with E-state index in [-0.39, 0.29) is 5.56 Å². The first-order valence-electron chi connectivity index (χ1n) is 5.23. The normalized spacial score (nSPS) is 12.9. The van der Waals surface area contributed by atoms with Gasteiger partial charge in [-0.15, -0.1) is 0 Å². The van der Waals surface area contributed by atoms with Crippen LogP contribution >= 0.6 is 11.6 Å². The third kappa shape index (κ3) is 4.90. The SMILES string of the molecule is CC(=O)C[C@@H](OC(=O)c1ccc(Cl)cc1)C(F)(F)F. The number of esters is 1. The molecule has 1 aromatic rings. The van der Waals surface area contributed by atoms with E-state index in [0.29, 0.717) is 5.02 Å². The summed E-state index contributed by atoms with van der Waals surface area (Å²) >= 11 is 5.59. The van der Waals surface area contributed by atoms with Crippen LogP contribution in [0.4, 0.5) is 13.2 Å². The molecule has 7 heteroatoms. The van der Waals surface area contributed by atoms with Crippen LogP contribution in [0.2, 0.25) is 5.02 Å². The van der Waals surface area contributed by atoms with Gasteiger partial charge in [-0.1, -0.05) is 11.6 Å². The summed E-state index contributed by atoms with van der Waals surface area (Å²) in [6.07, 6.45) is -8.12. The molecule has 0 N–H and O–H groups in total. The molecule has 0 radical (unpaired) electrons. The van der Waals surface area contributed by atoms with Crippen LogP contribution in [-0.4, -0.2) is 24.0 Å². The van der Waals surface area contributed by atoms with Crippen LogP contribution < -0.4 is 0 Å². The van der Waals surface area contributed by atoms with Gasteiger partial charge < -0.3 is 4.74 Å². The lowest BCUT2D eigenvalue weighted by Crippen LogP contribution is -2.35. The minimum Gasteiger partial charge on any atom is -0.449 e. The highest BCUT2D eigenvalue weighted by atomic mass is 35.5. The molecule has 0 aromatic heterocycles. The zero-order valence-corrected chi connectivity index (χ0v) is 10.6. The summed E-state index contributed by atoms with van der Waals surface area (Å²) in [5, 5.41) is 0.340. The van der Waals surface area contributed by atoms with Crippen LogP contribution in [0.5, 0.6) is 0 Å². The lowest BCUT2D eigenvalue weighted by Gasteiger charge is -2.19. The Kier molecular flexibility index (Phi) is 4.94. The number of carbonyl (C=O) groups is 2. The predicted octanol–water partition coefficient (Wildman–Crippen LogP) is 3.41. The van der Waals surface area contributed by atoms with Gasteiger partial charge in [0.1, 0.15) is 5.78 Å². The maximum absolute atomic E-state index is 12.6. The second-order valence-electron chi connectivity index (χ2n) is 3.85. The van der Waals surface area contributed by atoms with Gasteiger partial charge in [0.05, 0.1) is 12.0 Å². The van der Waals surface area contributed by atoms with E-state index in [9.17, 15) is 22.8 Å². The number of rotatable bonds is 4. The average Bonchev–Trinajstić information content (AvgIpc) is 2.27. The molecule has 104 valence electrons. The number of ketones is 1. The first-order valence-corrected chi connectivity index (χ1v) is 5.60. The van der Waals surface area contributed by atoms with E-state index in [1.54, 1.807) is 0 Å². The van der Waals surface area contributed by atoms with Gasteiger partial charge in [0.25, 0.3) is 0 Å². The topological polar surface area (TPSA) is 43.4 Å². The van der Waals surface area contributed by atoms with Crippen molar-refractivity contribution in [3.63, 3.8) is 0 Å². The molecule has 19 heavy (non-hydrogen) atoms. The van der Waals surface area contributed by atoms with Crippen molar-refractivity contribution >= 4 is 23.4 Å². The lowest BCUT2D eigenvalue weighted by atomic mass is 10.2. The largest absolute Gasteiger partial charge is 0.449 e. The van der Waals surface area contributed by atoms with Crippen molar-refractivity contribution in [2.45, 2.75) is 25.6 Å². The molecule has 0 bridgehead atoms. The molecule has 0 spiro atoms. The lowest BCUT2D eigenvalue weighted by molar-refractivity contribution is -0.206. The van der Waals surface area contributed by atoms with Gasteiger partial charge in [0.2, 0.25) is 6.10 Å². The average molecular weight is 295 g/mol. The summed E-state index contributed by atoms with van der Waals surface area (Å²) in [7, 11) is 0. The van der Waals surface area contributed by atoms with Crippen LogP contribution in [0.3, 0.4) is 0 Å². The fourth-order valence-electron chi connectivity index (χ4n) is 1.27. The summed E-state index contributed by atoms with van der Waals surface area (Å²) < 4.78 is 42.0. The van der Waals surface area contributed by atoms with Crippen LogP contribution in [0.15, 0.2) is 24.3 Å². The van der Waals surface area contributed by atoms with E-state index < -0.39 is 30.5 Å². The molecular weight excluding hydrogens is 285 g/mol. The molecule has 0 saturated heterocycles. The van der Waals surface area contributed by atoms with E-state index in [1.807, 2.05) is 0 Å². The molecule has 0 saturated carbocycles. The van der Waals surface area contributed by atoms with Crippen molar-refractivity contribution in [2.75, 3.05) is 0 Å². The Balaban J connectivity index is 2.81. The second-order valence-corrected chi connectivity index (χ2v) is 4.29.